The Labute approximate surface area is 121 Å². The highest BCUT2D eigenvalue weighted by molar-refractivity contribution is 5.85. The lowest BCUT2D eigenvalue weighted by Gasteiger charge is -2.17. The van der Waals surface area contributed by atoms with Crippen LogP contribution in [0.15, 0.2) is 29.3 Å². The molecule has 2 heterocycles. The van der Waals surface area contributed by atoms with E-state index < -0.39 is 0 Å². The molecule has 1 aliphatic carbocycles. The van der Waals surface area contributed by atoms with Gasteiger partial charge in [-0.15, -0.1) is 0 Å². The van der Waals surface area contributed by atoms with Crippen molar-refractivity contribution in [2.75, 3.05) is 26.7 Å². The van der Waals surface area contributed by atoms with Crippen molar-refractivity contribution in [2.45, 2.75) is 25.2 Å². The zero-order valence-corrected chi connectivity index (χ0v) is 12.2. The normalized spacial score (nSPS) is 28.9. The lowest BCUT2D eigenvalue weighted by Crippen LogP contribution is -2.15. The van der Waals surface area contributed by atoms with Crippen molar-refractivity contribution >= 4 is 11.8 Å². The number of hydrogen-bond donors (Lipinski definition) is 0. The Kier molecular flexibility index (Phi) is 2.99. The second-order valence-corrected chi connectivity index (χ2v) is 6.55. The fourth-order valence-electron chi connectivity index (χ4n) is 4.07. The number of hydrogen-bond acceptors (Lipinski definition) is 2. The highest BCUT2D eigenvalue weighted by Gasteiger charge is 2.34. The van der Waals surface area contributed by atoms with Crippen LogP contribution in [0, 0.1) is 5.92 Å². The molecular weight excluding hydrogens is 244 g/mol. The summed E-state index contributed by atoms with van der Waals surface area (Å²) in [4.78, 5) is 7.14. The van der Waals surface area contributed by atoms with Crippen LogP contribution in [0.1, 0.15) is 41.9 Å². The van der Waals surface area contributed by atoms with Crippen molar-refractivity contribution in [3.8, 4) is 0 Å². The maximum Gasteiger partial charge on any atom is 0.0436 e. The molecule has 2 nitrogen and oxygen atoms in total. The third-order valence-corrected chi connectivity index (χ3v) is 5.09. The molecule has 0 aromatic heterocycles. The standard InChI is InChI=1S/C18H22N2/c1-20-11-16-10-19-9-15-8-14(13-4-2-3-5-13)6-7-17(15)18(16)12-20/h4,6-9,16,18H,2-3,5,10-12H2,1H3. The van der Waals surface area contributed by atoms with Gasteiger partial charge in [-0.2, -0.15) is 0 Å². The van der Waals surface area contributed by atoms with E-state index in [0.29, 0.717) is 11.8 Å². The number of likely N-dealkylation sites (N-methyl/N-ethyl adjacent to an activating group) is 1. The Hall–Kier alpha value is -1.41. The van der Waals surface area contributed by atoms with Crippen LogP contribution in [-0.2, 0) is 0 Å². The van der Waals surface area contributed by atoms with E-state index in [-0.39, 0.29) is 0 Å². The summed E-state index contributed by atoms with van der Waals surface area (Å²) >= 11 is 0. The van der Waals surface area contributed by atoms with Crippen molar-refractivity contribution in [2.24, 2.45) is 10.9 Å². The van der Waals surface area contributed by atoms with Crippen LogP contribution in [0.5, 0.6) is 0 Å². The molecule has 1 aromatic rings. The topological polar surface area (TPSA) is 15.6 Å². The predicted molar refractivity (Wildman–Crippen MR) is 84.5 cm³/mol. The first-order valence-electron chi connectivity index (χ1n) is 7.83. The minimum Gasteiger partial charge on any atom is -0.305 e. The number of nitrogens with zero attached hydrogens (tertiary/aromatic N) is 2. The molecule has 3 aliphatic rings. The Morgan fingerprint density at radius 2 is 2.20 bits per heavy atom. The van der Waals surface area contributed by atoms with Crippen molar-refractivity contribution in [3.05, 3.63) is 41.0 Å². The second kappa shape index (κ2) is 4.85. The molecule has 0 amide bonds. The van der Waals surface area contributed by atoms with Gasteiger partial charge < -0.3 is 4.90 Å². The first-order valence-corrected chi connectivity index (χ1v) is 7.83. The smallest absolute Gasteiger partial charge is 0.0436 e. The molecule has 1 fully saturated rings. The molecule has 2 heteroatoms. The van der Waals surface area contributed by atoms with Gasteiger partial charge in [0.25, 0.3) is 0 Å². The average molecular weight is 266 g/mol. The van der Waals surface area contributed by atoms with E-state index in [1.807, 2.05) is 0 Å². The SMILES string of the molecule is CN1CC2CN=Cc3cc(C4=CCCC4)ccc3C2C1. The molecule has 2 unspecified atom stereocenters. The molecule has 4 rings (SSSR count). The summed E-state index contributed by atoms with van der Waals surface area (Å²) in [6, 6.07) is 7.08. The van der Waals surface area contributed by atoms with Gasteiger partial charge in [0, 0.05) is 31.8 Å². The average Bonchev–Trinajstić information content (AvgIpc) is 3.06. The second-order valence-electron chi connectivity index (χ2n) is 6.55. The van der Waals surface area contributed by atoms with E-state index in [1.165, 1.54) is 54.6 Å². The van der Waals surface area contributed by atoms with E-state index in [0.717, 1.165) is 6.54 Å². The Balaban J connectivity index is 1.74. The van der Waals surface area contributed by atoms with E-state index in [9.17, 15) is 0 Å². The van der Waals surface area contributed by atoms with Crippen molar-refractivity contribution < 1.29 is 0 Å². The first-order chi connectivity index (χ1) is 9.81. The van der Waals surface area contributed by atoms with Gasteiger partial charge in [-0.05, 0) is 60.6 Å². The number of fused-ring (bicyclic) bond motifs is 3. The van der Waals surface area contributed by atoms with Crippen LogP contribution in [0.4, 0.5) is 0 Å². The number of likely N-dealkylation sites (tertiary alicyclic amines) is 1. The summed E-state index contributed by atoms with van der Waals surface area (Å²) in [7, 11) is 2.23. The zero-order valence-electron chi connectivity index (χ0n) is 12.2. The quantitative estimate of drug-likeness (QED) is 0.761. The van der Waals surface area contributed by atoms with Crippen molar-refractivity contribution in [1.29, 1.82) is 0 Å². The Morgan fingerprint density at radius 3 is 3.05 bits per heavy atom. The highest BCUT2D eigenvalue weighted by Crippen LogP contribution is 2.37. The number of benzene rings is 1. The van der Waals surface area contributed by atoms with Gasteiger partial charge in [0.15, 0.2) is 0 Å². The fourth-order valence-corrected chi connectivity index (χ4v) is 4.07. The molecule has 104 valence electrons. The first kappa shape index (κ1) is 12.3. The monoisotopic (exact) mass is 266 g/mol. The van der Waals surface area contributed by atoms with Gasteiger partial charge in [0.2, 0.25) is 0 Å². The summed E-state index contributed by atoms with van der Waals surface area (Å²) in [5.41, 5.74) is 5.82. The van der Waals surface area contributed by atoms with Gasteiger partial charge in [-0.1, -0.05) is 18.2 Å². The fraction of sp³-hybridized carbons (Fsp3) is 0.500. The van der Waals surface area contributed by atoms with Crippen LogP contribution in [0.25, 0.3) is 5.57 Å². The number of allylic oxidation sites excluding steroid dienone is 2. The lowest BCUT2D eigenvalue weighted by atomic mass is 9.86. The van der Waals surface area contributed by atoms with Gasteiger partial charge >= 0.3 is 0 Å². The number of aliphatic imine (C=N–C) groups is 1. The maximum atomic E-state index is 4.69. The summed E-state index contributed by atoms with van der Waals surface area (Å²) in [5.74, 6) is 1.37. The molecule has 1 aromatic carbocycles. The molecule has 0 N–H and O–H groups in total. The van der Waals surface area contributed by atoms with Crippen LogP contribution in [0.3, 0.4) is 0 Å². The molecule has 0 saturated carbocycles. The summed E-state index contributed by atoms with van der Waals surface area (Å²) < 4.78 is 0. The summed E-state index contributed by atoms with van der Waals surface area (Å²) in [5, 5.41) is 0. The van der Waals surface area contributed by atoms with Gasteiger partial charge in [-0.25, -0.2) is 0 Å². The Bertz CT molecular complexity index is 585. The van der Waals surface area contributed by atoms with Crippen LogP contribution in [-0.4, -0.2) is 37.8 Å². The molecule has 20 heavy (non-hydrogen) atoms. The van der Waals surface area contributed by atoms with Crippen LogP contribution < -0.4 is 0 Å². The highest BCUT2D eigenvalue weighted by atomic mass is 15.1. The van der Waals surface area contributed by atoms with E-state index in [1.54, 1.807) is 0 Å². The summed E-state index contributed by atoms with van der Waals surface area (Å²) in [6.45, 7) is 3.36. The van der Waals surface area contributed by atoms with Crippen molar-refractivity contribution in [1.82, 2.24) is 4.90 Å². The molecule has 2 aliphatic heterocycles. The Morgan fingerprint density at radius 1 is 1.25 bits per heavy atom. The zero-order chi connectivity index (χ0) is 13.5. The maximum absolute atomic E-state index is 4.69. The molecule has 0 bridgehead atoms. The largest absolute Gasteiger partial charge is 0.305 e. The molecule has 1 saturated heterocycles. The van der Waals surface area contributed by atoms with Crippen molar-refractivity contribution in [3.63, 3.8) is 0 Å². The molecular formula is C18H22N2. The van der Waals surface area contributed by atoms with Gasteiger partial charge in [0.1, 0.15) is 0 Å². The predicted octanol–water partition coefficient (Wildman–Crippen LogP) is 3.33. The molecule has 0 radical (unpaired) electrons. The third-order valence-electron chi connectivity index (χ3n) is 5.09. The third kappa shape index (κ3) is 2.03. The summed E-state index contributed by atoms with van der Waals surface area (Å²) in [6.07, 6.45) is 8.32. The van der Waals surface area contributed by atoms with Crippen LogP contribution in [0.2, 0.25) is 0 Å². The van der Waals surface area contributed by atoms with E-state index >= 15 is 0 Å². The minimum absolute atomic E-state index is 0.670. The van der Waals surface area contributed by atoms with Gasteiger partial charge in [-0.3, -0.25) is 4.99 Å². The van der Waals surface area contributed by atoms with E-state index in [2.05, 4.69) is 47.4 Å². The van der Waals surface area contributed by atoms with Gasteiger partial charge in [0.05, 0.1) is 0 Å². The minimum atomic E-state index is 0.670. The lowest BCUT2D eigenvalue weighted by molar-refractivity contribution is 0.397. The molecule has 2 atom stereocenters. The van der Waals surface area contributed by atoms with E-state index in [4.69, 9.17) is 0 Å². The molecule has 0 spiro atoms. The number of rotatable bonds is 1. The van der Waals surface area contributed by atoms with Crippen LogP contribution >= 0.6 is 0 Å².